The average Bonchev–Trinajstić information content (AvgIpc) is 2.30. The van der Waals surface area contributed by atoms with E-state index in [9.17, 15) is 9.90 Å². The van der Waals surface area contributed by atoms with Crippen molar-refractivity contribution in [3.63, 3.8) is 0 Å². The second-order valence-electron chi connectivity index (χ2n) is 5.46. The second kappa shape index (κ2) is 9.34. The van der Waals surface area contributed by atoms with Crippen molar-refractivity contribution >= 4 is 5.97 Å². The molecule has 0 aromatic heterocycles. The SMILES string of the molecule is CCCNC(C)(CCOCCCC(C)C)C(=O)O. The van der Waals surface area contributed by atoms with Gasteiger partial charge in [0.15, 0.2) is 0 Å². The quantitative estimate of drug-likeness (QED) is 0.560. The zero-order valence-electron chi connectivity index (χ0n) is 12.3. The predicted octanol–water partition coefficient (Wildman–Crippen LogP) is 2.67. The van der Waals surface area contributed by atoms with Gasteiger partial charge >= 0.3 is 5.97 Å². The largest absolute Gasteiger partial charge is 0.480 e. The topological polar surface area (TPSA) is 58.6 Å². The minimum atomic E-state index is -0.867. The first kappa shape index (κ1) is 17.4. The van der Waals surface area contributed by atoms with Crippen LogP contribution in [-0.4, -0.2) is 36.4 Å². The maximum absolute atomic E-state index is 11.2. The molecule has 0 radical (unpaired) electrons. The minimum absolute atomic E-state index is 0.498. The van der Waals surface area contributed by atoms with E-state index in [-0.39, 0.29) is 0 Å². The molecule has 0 aliphatic rings. The van der Waals surface area contributed by atoms with Gasteiger partial charge in [0.1, 0.15) is 5.54 Å². The molecule has 4 nitrogen and oxygen atoms in total. The Morgan fingerprint density at radius 1 is 1.39 bits per heavy atom. The number of hydrogen-bond donors (Lipinski definition) is 2. The normalized spacial score (nSPS) is 14.7. The first-order valence-electron chi connectivity index (χ1n) is 6.98. The molecule has 1 atom stereocenters. The van der Waals surface area contributed by atoms with Crippen molar-refractivity contribution in [2.75, 3.05) is 19.8 Å². The highest BCUT2D eigenvalue weighted by Crippen LogP contribution is 2.11. The van der Waals surface area contributed by atoms with Crippen molar-refractivity contribution < 1.29 is 14.6 Å². The Kier molecular flexibility index (Phi) is 9.02. The highest BCUT2D eigenvalue weighted by molar-refractivity contribution is 5.78. The Hall–Kier alpha value is -0.610. The van der Waals surface area contributed by atoms with Crippen molar-refractivity contribution in [2.24, 2.45) is 5.92 Å². The van der Waals surface area contributed by atoms with Gasteiger partial charge in [-0.1, -0.05) is 20.8 Å². The molecule has 1 unspecified atom stereocenters. The van der Waals surface area contributed by atoms with E-state index < -0.39 is 11.5 Å². The summed E-state index contributed by atoms with van der Waals surface area (Å²) in [6.07, 6.45) is 3.64. The van der Waals surface area contributed by atoms with Crippen LogP contribution in [0.5, 0.6) is 0 Å². The van der Waals surface area contributed by atoms with Crippen LogP contribution in [0, 0.1) is 5.92 Å². The lowest BCUT2D eigenvalue weighted by Crippen LogP contribution is -2.50. The molecule has 0 aliphatic heterocycles. The monoisotopic (exact) mass is 259 g/mol. The molecule has 0 spiro atoms. The standard InChI is InChI=1S/C14H29NO3/c1-5-9-15-14(4,13(16)17)8-11-18-10-6-7-12(2)3/h12,15H,5-11H2,1-4H3,(H,16,17). The van der Waals surface area contributed by atoms with Crippen molar-refractivity contribution in [3.8, 4) is 0 Å². The molecule has 2 N–H and O–H groups in total. The summed E-state index contributed by atoms with van der Waals surface area (Å²) in [5.41, 5.74) is -0.867. The van der Waals surface area contributed by atoms with E-state index in [2.05, 4.69) is 19.2 Å². The lowest BCUT2D eigenvalue weighted by molar-refractivity contribution is -0.145. The van der Waals surface area contributed by atoms with E-state index in [0.29, 0.717) is 18.9 Å². The Bertz CT molecular complexity index is 231. The number of aliphatic carboxylic acids is 1. The van der Waals surface area contributed by atoms with E-state index in [1.54, 1.807) is 6.92 Å². The van der Waals surface area contributed by atoms with Crippen LogP contribution in [0.3, 0.4) is 0 Å². The number of carbonyl (C=O) groups is 1. The van der Waals surface area contributed by atoms with Crippen LogP contribution in [0.4, 0.5) is 0 Å². The van der Waals surface area contributed by atoms with Gasteiger partial charge in [0.2, 0.25) is 0 Å². The van der Waals surface area contributed by atoms with E-state index in [1.807, 2.05) is 6.92 Å². The maximum Gasteiger partial charge on any atom is 0.323 e. The van der Waals surface area contributed by atoms with Crippen LogP contribution in [-0.2, 0) is 9.53 Å². The molecule has 0 saturated heterocycles. The van der Waals surface area contributed by atoms with E-state index in [4.69, 9.17) is 4.74 Å². The molecule has 0 heterocycles. The fraction of sp³-hybridized carbons (Fsp3) is 0.929. The zero-order chi connectivity index (χ0) is 14.0. The summed E-state index contributed by atoms with van der Waals surface area (Å²) in [6.45, 7) is 10.1. The van der Waals surface area contributed by atoms with Crippen LogP contribution in [0.15, 0.2) is 0 Å². The molecule has 0 saturated carbocycles. The minimum Gasteiger partial charge on any atom is -0.480 e. The molecule has 0 fully saturated rings. The number of hydrogen-bond acceptors (Lipinski definition) is 3. The Labute approximate surface area is 111 Å². The fourth-order valence-corrected chi connectivity index (χ4v) is 1.64. The zero-order valence-corrected chi connectivity index (χ0v) is 12.3. The second-order valence-corrected chi connectivity index (χ2v) is 5.46. The summed E-state index contributed by atoms with van der Waals surface area (Å²) in [4.78, 5) is 11.2. The van der Waals surface area contributed by atoms with Crippen LogP contribution >= 0.6 is 0 Å². The van der Waals surface area contributed by atoms with Crippen LogP contribution in [0.2, 0.25) is 0 Å². The molecule has 0 aliphatic carbocycles. The highest BCUT2D eigenvalue weighted by atomic mass is 16.5. The lowest BCUT2D eigenvalue weighted by atomic mass is 9.98. The molecule has 0 bridgehead atoms. The number of ether oxygens (including phenoxy) is 1. The molecule has 0 aromatic rings. The summed E-state index contributed by atoms with van der Waals surface area (Å²) < 4.78 is 5.51. The third-order valence-electron chi connectivity index (χ3n) is 3.05. The van der Waals surface area contributed by atoms with Gasteiger partial charge in [0, 0.05) is 13.2 Å². The fourth-order valence-electron chi connectivity index (χ4n) is 1.64. The third-order valence-corrected chi connectivity index (χ3v) is 3.05. The smallest absolute Gasteiger partial charge is 0.323 e. The van der Waals surface area contributed by atoms with Gasteiger partial charge in [0.05, 0.1) is 0 Å². The van der Waals surface area contributed by atoms with E-state index in [0.717, 1.165) is 32.4 Å². The first-order valence-corrected chi connectivity index (χ1v) is 6.98. The Balaban J connectivity index is 3.80. The average molecular weight is 259 g/mol. The molecule has 0 amide bonds. The first-order chi connectivity index (χ1) is 8.42. The summed E-state index contributed by atoms with van der Waals surface area (Å²) >= 11 is 0. The highest BCUT2D eigenvalue weighted by Gasteiger charge is 2.31. The summed E-state index contributed by atoms with van der Waals surface area (Å²) in [6, 6.07) is 0. The third kappa shape index (κ3) is 7.67. The maximum atomic E-state index is 11.2. The summed E-state index contributed by atoms with van der Waals surface area (Å²) in [5.74, 6) is -0.106. The summed E-state index contributed by atoms with van der Waals surface area (Å²) in [7, 11) is 0. The van der Waals surface area contributed by atoms with Gasteiger partial charge in [-0.05, 0) is 45.1 Å². The van der Waals surface area contributed by atoms with Gasteiger partial charge in [-0.25, -0.2) is 0 Å². The number of carboxylic acid groups (broad SMARTS) is 1. The Morgan fingerprint density at radius 3 is 2.56 bits per heavy atom. The predicted molar refractivity (Wildman–Crippen MR) is 73.8 cm³/mol. The van der Waals surface area contributed by atoms with Crippen molar-refractivity contribution in [3.05, 3.63) is 0 Å². The van der Waals surface area contributed by atoms with Gasteiger partial charge < -0.3 is 15.2 Å². The molecule has 4 heteroatoms. The molecule has 18 heavy (non-hydrogen) atoms. The number of carboxylic acids is 1. The molecular formula is C14H29NO3. The van der Waals surface area contributed by atoms with Gasteiger partial charge in [-0.2, -0.15) is 0 Å². The van der Waals surface area contributed by atoms with Crippen molar-refractivity contribution in [2.45, 2.75) is 58.9 Å². The Morgan fingerprint density at radius 2 is 2.06 bits per heavy atom. The number of nitrogens with one attached hydrogen (secondary N) is 1. The number of rotatable bonds is 11. The van der Waals surface area contributed by atoms with Gasteiger partial charge in [-0.3, -0.25) is 4.79 Å². The molecule has 0 aromatic carbocycles. The van der Waals surface area contributed by atoms with Crippen LogP contribution < -0.4 is 5.32 Å². The lowest BCUT2D eigenvalue weighted by Gasteiger charge is -2.26. The van der Waals surface area contributed by atoms with Crippen molar-refractivity contribution in [1.82, 2.24) is 5.32 Å². The van der Waals surface area contributed by atoms with E-state index >= 15 is 0 Å². The van der Waals surface area contributed by atoms with Crippen molar-refractivity contribution in [1.29, 1.82) is 0 Å². The van der Waals surface area contributed by atoms with Gasteiger partial charge in [-0.15, -0.1) is 0 Å². The molecule has 0 rings (SSSR count). The van der Waals surface area contributed by atoms with E-state index in [1.165, 1.54) is 0 Å². The van der Waals surface area contributed by atoms with Crippen LogP contribution in [0.25, 0.3) is 0 Å². The van der Waals surface area contributed by atoms with Gasteiger partial charge in [0.25, 0.3) is 0 Å². The van der Waals surface area contributed by atoms with Crippen LogP contribution in [0.1, 0.15) is 53.4 Å². The molecule has 108 valence electrons. The summed E-state index contributed by atoms with van der Waals surface area (Å²) in [5, 5.41) is 12.3. The molecular weight excluding hydrogens is 230 g/mol.